The van der Waals surface area contributed by atoms with Crippen molar-refractivity contribution in [3.05, 3.63) is 53.5 Å². The van der Waals surface area contributed by atoms with Crippen LogP contribution in [0.3, 0.4) is 0 Å². The molecule has 0 unspecified atom stereocenters. The van der Waals surface area contributed by atoms with E-state index in [4.69, 9.17) is 12.2 Å². The Hall–Kier alpha value is -2.47. The fourth-order valence-corrected chi connectivity index (χ4v) is 2.49. The van der Waals surface area contributed by atoms with E-state index in [0.29, 0.717) is 16.5 Å². The van der Waals surface area contributed by atoms with E-state index in [1.807, 2.05) is 50.5 Å². The Morgan fingerprint density at radius 3 is 2.81 bits per heavy atom. The SMILES string of the molecule is Cc1cccc(N2C(=O)/C(=C\c3ccn(C)n3)NC2=S)c1. The zero-order valence-corrected chi connectivity index (χ0v) is 12.5. The quantitative estimate of drug-likeness (QED) is 0.680. The monoisotopic (exact) mass is 298 g/mol. The molecule has 0 bridgehead atoms. The number of nitrogens with one attached hydrogen (secondary N) is 1. The van der Waals surface area contributed by atoms with Crippen LogP contribution in [0.15, 0.2) is 42.2 Å². The van der Waals surface area contributed by atoms with E-state index in [1.54, 1.807) is 10.8 Å². The van der Waals surface area contributed by atoms with Crippen molar-refractivity contribution >= 4 is 35.0 Å². The van der Waals surface area contributed by atoms with Crippen molar-refractivity contribution in [3.63, 3.8) is 0 Å². The second kappa shape index (κ2) is 5.14. The fraction of sp³-hybridized carbons (Fsp3) is 0.133. The van der Waals surface area contributed by atoms with E-state index in [0.717, 1.165) is 11.3 Å². The zero-order chi connectivity index (χ0) is 15.0. The summed E-state index contributed by atoms with van der Waals surface area (Å²) >= 11 is 5.27. The molecule has 1 aliphatic heterocycles. The maximum atomic E-state index is 12.5. The van der Waals surface area contributed by atoms with E-state index >= 15 is 0 Å². The highest BCUT2D eigenvalue weighted by Crippen LogP contribution is 2.22. The molecule has 1 aromatic heterocycles. The van der Waals surface area contributed by atoms with Gasteiger partial charge < -0.3 is 5.32 Å². The lowest BCUT2D eigenvalue weighted by atomic mass is 10.2. The van der Waals surface area contributed by atoms with E-state index in [2.05, 4.69) is 10.4 Å². The molecule has 6 heteroatoms. The van der Waals surface area contributed by atoms with Crippen molar-refractivity contribution in [1.82, 2.24) is 15.1 Å². The lowest BCUT2D eigenvalue weighted by Crippen LogP contribution is -2.30. The first-order chi connectivity index (χ1) is 10.0. The van der Waals surface area contributed by atoms with Gasteiger partial charge in [0.15, 0.2) is 5.11 Å². The summed E-state index contributed by atoms with van der Waals surface area (Å²) in [6, 6.07) is 9.50. The van der Waals surface area contributed by atoms with Crippen molar-refractivity contribution in [3.8, 4) is 0 Å². The highest BCUT2D eigenvalue weighted by atomic mass is 32.1. The van der Waals surface area contributed by atoms with E-state index in [1.165, 1.54) is 4.90 Å². The topological polar surface area (TPSA) is 50.2 Å². The molecule has 0 saturated carbocycles. The number of hydrogen-bond donors (Lipinski definition) is 1. The molecule has 1 saturated heterocycles. The summed E-state index contributed by atoms with van der Waals surface area (Å²) in [5.41, 5.74) is 2.98. The molecule has 1 fully saturated rings. The van der Waals surface area contributed by atoms with Crippen molar-refractivity contribution in [2.24, 2.45) is 7.05 Å². The Labute approximate surface area is 127 Å². The summed E-state index contributed by atoms with van der Waals surface area (Å²) in [4.78, 5) is 14.0. The molecular weight excluding hydrogens is 284 g/mol. The number of carbonyl (C=O) groups excluding carboxylic acids is 1. The van der Waals surface area contributed by atoms with Crippen LogP contribution in [0.4, 0.5) is 5.69 Å². The van der Waals surface area contributed by atoms with Gasteiger partial charge >= 0.3 is 0 Å². The minimum atomic E-state index is -0.170. The predicted octanol–water partition coefficient (Wildman–Crippen LogP) is 1.99. The first-order valence-corrected chi connectivity index (χ1v) is 6.89. The zero-order valence-electron chi connectivity index (χ0n) is 11.7. The Balaban J connectivity index is 1.94. The van der Waals surface area contributed by atoms with E-state index in [-0.39, 0.29) is 5.91 Å². The highest BCUT2D eigenvalue weighted by molar-refractivity contribution is 7.80. The van der Waals surface area contributed by atoms with Gasteiger partial charge in [-0.2, -0.15) is 5.10 Å². The Kier molecular flexibility index (Phi) is 3.31. The smallest absolute Gasteiger partial charge is 0.281 e. The fourth-order valence-electron chi connectivity index (χ4n) is 2.19. The van der Waals surface area contributed by atoms with E-state index in [9.17, 15) is 4.79 Å². The van der Waals surface area contributed by atoms with E-state index < -0.39 is 0 Å². The number of nitrogens with zero attached hydrogens (tertiary/aromatic N) is 3. The third kappa shape index (κ3) is 2.57. The number of aryl methyl sites for hydroxylation is 2. The molecule has 0 atom stereocenters. The van der Waals surface area contributed by atoms with Crippen molar-refractivity contribution < 1.29 is 4.79 Å². The molecule has 0 spiro atoms. The van der Waals surface area contributed by atoms with Gasteiger partial charge in [0, 0.05) is 13.2 Å². The average molecular weight is 298 g/mol. The highest BCUT2D eigenvalue weighted by Gasteiger charge is 2.32. The Bertz CT molecular complexity index is 763. The lowest BCUT2D eigenvalue weighted by Gasteiger charge is -2.14. The molecule has 5 nitrogen and oxygen atoms in total. The maximum absolute atomic E-state index is 12.5. The van der Waals surface area contributed by atoms with Gasteiger partial charge in [0.25, 0.3) is 5.91 Å². The number of benzene rings is 1. The summed E-state index contributed by atoms with van der Waals surface area (Å²) < 4.78 is 1.68. The molecule has 106 valence electrons. The number of rotatable bonds is 2. The molecule has 21 heavy (non-hydrogen) atoms. The van der Waals surface area contributed by atoms with Crippen LogP contribution in [0.25, 0.3) is 6.08 Å². The number of hydrogen-bond acceptors (Lipinski definition) is 3. The molecule has 1 N–H and O–H groups in total. The summed E-state index contributed by atoms with van der Waals surface area (Å²) in [5, 5.41) is 7.56. The van der Waals surface area contributed by atoms with Gasteiger partial charge in [-0.25, -0.2) is 0 Å². The second-order valence-corrected chi connectivity index (χ2v) is 5.27. The minimum absolute atomic E-state index is 0.170. The molecule has 1 aliphatic rings. The van der Waals surface area contributed by atoms with Gasteiger partial charge in [0.05, 0.1) is 11.4 Å². The van der Waals surface area contributed by atoms with Gasteiger partial charge in [-0.15, -0.1) is 0 Å². The van der Waals surface area contributed by atoms with Crippen LogP contribution in [0.2, 0.25) is 0 Å². The minimum Gasteiger partial charge on any atom is -0.327 e. The van der Waals surface area contributed by atoms with Crippen LogP contribution in [0.1, 0.15) is 11.3 Å². The van der Waals surface area contributed by atoms with Crippen molar-refractivity contribution in [2.45, 2.75) is 6.92 Å². The normalized spacial score (nSPS) is 16.7. The van der Waals surface area contributed by atoms with Crippen LogP contribution < -0.4 is 10.2 Å². The van der Waals surface area contributed by atoms with Gasteiger partial charge in [0.1, 0.15) is 5.70 Å². The molecule has 0 aliphatic carbocycles. The van der Waals surface area contributed by atoms with Crippen molar-refractivity contribution in [2.75, 3.05) is 4.90 Å². The molecular formula is C15H14N4OS. The van der Waals surface area contributed by atoms with Crippen LogP contribution in [0.5, 0.6) is 0 Å². The molecule has 2 heterocycles. The summed E-state index contributed by atoms with van der Waals surface area (Å²) in [7, 11) is 1.83. The van der Waals surface area contributed by atoms with Crippen LogP contribution >= 0.6 is 12.2 Å². The maximum Gasteiger partial charge on any atom is 0.281 e. The number of thiocarbonyl (C=S) groups is 1. The number of carbonyl (C=O) groups is 1. The summed E-state index contributed by atoms with van der Waals surface area (Å²) in [6.07, 6.45) is 3.52. The number of aromatic nitrogens is 2. The van der Waals surface area contributed by atoms with Crippen LogP contribution in [-0.2, 0) is 11.8 Å². The van der Waals surface area contributed by atoms with Crippen LogP contribution in [0, 0.1) is 6.92 Å². The molecule has 1 aromatic carbocycles. The summed E-state index contributed by atoms with van der Waals surface area (Å²) in [6.45, 7) is 1.98. The number of anilines is 1. The van der Waals surface area contributed by atoms with Crippen LogP contribution in [-0.4, -0.2) is 20.8 Å². The lowest BCUT2D eigenvalue weighted by molar-refractivity contribution is -0.113. The number of amides is 1. The Morgan fingerprint density at radius 1 is 1.33 bits per heavy atom. The second-order valence-electron chi connectivity index (χ2n) is 4.88. The van der Waals surface area contributed by atoms with Gasteiger partial charge in [-0.1, -0.05) is 12.1 Å². The average Bonchev–Trinajstić information content (AvgIpc) is 2.94. The molecule has 2 aromatic rings. The molecule has 1 amide bonds. The van der Waals surface area contributed by atoms with Crippen molar-refractivity contribution in [1.29, 1.82) is 0 Å². The predicted molar refractivity (Wildman–Crippen MR) is 85.6 cm³/mol. The third-order valence-electron chi connectivity index (χ3n) is 3.16. The van der Waals surface area contributed by atoms with Gasteiger partial charge in [-0.3, -0.25) is 14.4 Å². The largest absolute Gasteiger partial charge is 0.327 e. The van der Waals surface area contributed by atoms with Gasteiger partial charge in [-0.05, 0) is 49.0 Å². The van der Waals surface area contributed by atoms with Gasteiger partial charge in [0.2, 0.25) is 0 Å². The first-order valence-electron chi connectivity index (χ1n) is 6.48. The summed E-state index contributed by atoms with van der Waals surface area (Å²) in [5.74, 6) is -0.170. The standard InChI is InChI=1S/C15H14N4OS/c1-10-4-3-5-12(8-10)19-14(20)13(16-15(19)21)9-11-6-7-18(2)17-11/h3-9H,1-2H3,(H,16,21)/b13-9+. The third-order valence-corrected chi connectivity index (χ3v) is 3.45. The first kappa shape index (κ1) is 13.5. The molecule has 3 rings (SSSR count). The molecule has 0 radical (unpaired) electrons. The Morgan fingerprint density at radius 2 is 2.14 bits per heavy atom.